The lowest BCUT2D eigenvalue weighted by Crippen LogP contribution is -2.44. The van der Waals surface area contributed by atoms with Gasteiger partial charge in [0.25, 0.3) is 5.56 Å². The minimum Gasteiger partial charge on any atom is -0.465 e. The molecular formula is C19H31N6O9P. The molecule has 1 aliphatic rings. The Morgan fingerprint density at radius 3 is 2.80 bits per heavy atom. The van der Waals surface area contributed by atoms with Crippen LogP contribution >= 0.6 is 7.75 Å². The van der Waals surface area contributed by atoms with Gasteiger partial charge in [-0.25, -0.2) is 14.6 Å². The number of imidazole rings is 1. The number of aliphatic hydroxyl groups is 2. The largest absolute Gasteiger partial charge is 0.465 e. The average Bonchev–Trinajstić information content (AvgIpc) is 3.25. The van der Waals surface area contributed by atoms with E-state index in [0.29, 0.717) is 0 Å². The number of hydrogen-bond acceptors (Lipinski definition) is 11. The van der Waals surface area contributed by atoms with Crippen molar-refractivity contribution in [1.29, 1.82) is 0 Å². The first kappa shape index (κ1) is 27.2. The van der Waals surface area contributed by atoms with E-state index in [-0.39, 0.29) is 36.1 Å². The van der Waals surface area contributed by atoms with E-state index < -0.39 is 56.0 Å². The second-order valence-electron chi connectivity index (χ2n) is 8.85. The third-order valence-electron chi connectivity index (χ3n) is 5.47. The van der Waals surface area contributed by atoms with Crippen molar-refractivity contribution < 1.29 is 38.5 Å². The van der Waals surface area contributed by atoms with E-state index >= 15 is 0 Å². The number of ether oxygens (including phenoxy) is 2. The van der Waals surface area contributed by atoms with Gasteiger partial charge in [0.2, 0.25) is 5.95 Å². The fourth-order valence-corrected chi connectivity index (χ4v) is 4.85. The molecule has 196 valence electrons. The summed E-state index contributed by atoms with van der Waals surface area (Å²) in [5, 5.41) is 23.9. The summed E-state index contributed by atoms with van der Waals surface area (Å²) in [7, 11) is -4.55. The van der Waals surface area contributed by atoms with Gasteiger partial charge in [0, 0.05) is 0 Å². The number of nitrogen functional groups attached to an aromatic ring is 1. The number of carbonyl (C=O) groups excluding carboxylic acids is 1. The molecule has 1 fully saturated rings. The summed E-state index contributed by atoms with van der Waals surface area (Å²) in [6.45, 7) is 6.04. The number of anilines is 1. The Kier molecular flexibility index (Phi) is 8.01. The number of aromatic nitrogens is 4. The Morgan fingerprint density at radius 2 is 2.17 bits per heavy atom. The minimum atomic E-state index is -4.55. The second-order valence-corrected chi connectivity index (χ2v) is 10.4. The molecule has 16 heteroatoms. The molecule has 6 atom stereocenters. The monoisotopic (exact) mass is 518 g/mol. The number of nitrogens with two attached hydrogens (primary N) is 1. The molecule has 3 rings (SSSR count). The van der Waals surface area contributed by atoms with Crippen LogP contribution in [0.15, 0.2) is 11.1 Å². The molecule has 1 saturated heterocycles. The molecule has 0 aromatic carbocycles. The van der Waals surface area contributed by atoms with Crippen LogP contribution in [0.3, 0.4) is 0 Å². The SMILES string of the molecule is CCOC(=O)[C@H](CC(C)C)NP(=O)(O)OC[C@H]1O[C@@H](n2cnc3c(=O)[nH]c(N)nc32)[C@@](C)(O)C1O. The molecule has 2 unspecified atom stereocenters. The standard InChI is InChI=1S/C19H31N6O9P/c1-5-32-16(28)10(6-9(2)3)24-35(30,31)33-7-11-13(26)19(4,29)17(34-11)25-8-21-12-14(25)22-18(20)23-15(12)27/h8-11,13,17,26,29H,5-7H2,1-4H3,(H2,24,30,31)(H3,20,22,23,27)/t10-,11+,13?,17+,19-/m0/s1. The third kappa shape index (κ3) is 5.89. The zero-order chi connectivity index (χ0) is 26.1. The summed E-state index contributed by atoms with van der Waals surface area (Å²) in [5.41, 5.74) is 3.01. The van der Waals surface area contributed by atoms with E-state index in [2.05, 4.69) is 20.0 Å². The van der Waals surface area contributed by atoms with Crippen molar-refractivity contribution >= 4 is 30.8 Å². The summed E-state index contributed by atoms with van der Waals surface area (Å²) in [5.74, 6) is -0.882. The van der Waals surface area contributed by atoms with Crippen molar-refractivity contribution in [3.05, 3.63) is 16.7 Å². The number of rotatable bonds is 10. The van der Waals surface area contributed by atoms with E-state index in [9.17, 15) is 29.3 Å². The number of H-pyrrole nitrogens is 1. The second kappa shape index (κ2) is 10.3. The van der Waals surface area contributed by atoms with Gasteiger partial charge in [-0.15, -0.1) is 0 Å². The quantitative estimate of drug-likeness (QED) is 0.171. The molecule has 0 radical (unpaired) electrons. The zero-order valence-electron chi connectivity index (χ0n) is 19.7. The van der Waals surface area contributed by atoms with E-state index in [1.807, 2.05) is 13.8 Å². The zero-order valence-corrected chi connectivity index (χ0v) is 20.6. The molecule has 3 heterocycles. The molecular weight excluding hydrogens is 487 g/mol. The van der Waals surface area contributed by atoms with Gasteiger partial charge < -0.3 is 30.3 Å². The Hall–Kier alpha value is -2.39. The predicted octanol–water partition coefficient (Wildman–Crippen LogP) is -0.604. The maximum Gasteiger partial charge on any atom is 0.403 e. The van der Waals surface area contributed by atoms with Gasteiger partial charge in [-0.2, -0.15) is 4.98 Å². The van der Waals surface area contributed by atoms with Crippen molar-refractivity contribution in [2.24, 2.45) is 5.92 Å². The van der Waals surface area contributed by atoms with Crippen LogP contribution in [0.1, 0.15) is 40.3 Å². The summed E-state index contributed by atoms with van der Waals surface area (Å²) < 4.78 is 29.6. The first-order chi connectivity index (χ1) is 16.3. The molecule has 1 aliphatic heterocycles. The van der Waals surface area contributed by atoms with E-state index in [0.717, 1.165) is 0 Å². The maximum atomic E-state index is 12.6. The van der Waals surface area contributed by atoms with Crippen LogP contribution in [0, 0.1) is 5.92 Å². The van der Waals surface area contributed by atoms with Gasteiger partial charge in [0.1, 0.15) is 23.9 Å². The Morgan fingerprint density at radius 1 is 1.49 bits per heavy atom. The van der Waals surface area contributed by atoms with E-state index in [1.165, 1.54) is 17.8 Å². The smallest absolute Gasteiger partial charge is 0.403 e. The number of aromatic amines is 1. The highest BCUT2D eigenvalue weighted by Gasteiger charge is 2.54. The van der Waals surface area contributed by atoms with Crippen molar-refractivity contribution in [1.82, 2.24) is 24.6 Å². The normalized spacial score (nSPS) is 27.3. The third-order valence-corrected chi connectivity index (χ3v) is 6.61. The molecule has 0 amide bonds. The number of hydrogen-bond donors (Lipinski definition) is 6. The van der Waals surface area contributed by atoms with Crippen LogP contribution < -0.4 is 16.4 Å². The average molecular weight is 518 g/mol. The Labute approximate surface area is 200 Å². The fraction of sp³-hybridized carbons (Fsp3) is 0.684. The first-order valence-corrected chi connectivity index (χ1v) is 12.5. The number of nitrogens with one attached hydrogen (secondary N) is 2. The Balaban J connectivity index is 1.75. The van der Waals surface area contributed by atoms with Crippen LogP contribution in [-0.2, 0) is 23.4 Å². The van der Waals surface area contributed by atoms with E-state index in [1.54, 1.807) is 6.92 Å². The minimum absolute atomic E-state index is 0.00533. The molecule has 0 aliphatic carbocycles. The maximum absolute atomic E-state index is 12.6. The summed E-state index contributed by atoms with van der Waals surface area (Å²) in [6, 6.07) is -1.09. The number of nitrogens with zero attached hydrogens (tertiary/aromatic N) is 3. The van der Waals surface area contributed by atoms with Gasteiger partial charge in [-0.1, -0.05) is 13.8 Å². The molecule has 35 heavy (non-hydrogen) atoms. The van der Waals surface area contributed by atoms with Gasteiger partial charge in [0.05, 0.1) is 19.5 Å². The van der Waals surface area contributed by atoms with Crippen LogP contribution in [0.4, 0.5) is 5.95 Å². The summed E-state index contributed by atoms with van der Waals surface area (Å²) in [4.78, 5) is 44.8. The van der Waals surface area contributed by atoms with Gasteiger partial charge in [-0.3, -0.25) is 23.7 Å². The Bertz CT molecular complexity index is 1170. The molecule has 0 spiro atoms. The van der Waals surface area contributed by atoms with E-state index in [4.69, 9.17) is 19.7 Å². The number of fused-ring (bicyclic) bond motifs is 1. The van der Waals surface area contributed by atoms with Crippen LogP contribution in [0.2, 0.25) is 0 Å². The molecule has 15 nitrogen and oxygen atoms in total. The number of carbonyl (C=O) groups is 1. The molecule has 2 aromatic heterocycles. The lowest BCUT2D eigenvalue weighted by molar-refractivity contribution is -0.145. The van der Waals surface area contributed by atoms with Gasteiger partial charge in [0.15, 0.2) is 17.4 Å². The van der Waals surface area contributed by atoms with Gasteiger partial charge >= 0.3 is 13.7 Å². The predicted molar refractivity (Wildman–Crippen MR) is 122 cm³/mol. The molecule has 2 aromatic rings. The number of aliphatic hydroxyl groups excluding tert-OH is 1. The van der Waals surface area contributed by atoms with Crippen molar-refractivity contribution in [3.8, 4) is 0 Å². The highest BCUT2D eigenvalue weighted by atomic mass is 31.2. The van der Waals surface area contributed by atoms with Crippen LogP contribution in [0.25, 0.3) is 11.2 Å². The fourth-order valence-electron chi connectivity index (χ4n) is 3.82. The lowest BCUT2D eigenvalue weighted by Gasteiger charge is -2.27. The van der Waals surface area contributed by atoms with Crippen molar-refractivity contribution in [3.63, 3.8) is 0 Å². The van der Waals surface area contributed by atoms with Gasteiger partial charge in [-0.05, 0) is 26.2 Å². The first-order valence-electron chi connectivity index (χ1n) is 11.0. The topological polar surface area (TPSA) is 224 Å². The highest BCUT2D eigenvalue weighted by Crippen LogP contribution is 2.43. The molecule has 0 saturated carbocycles. The van der Waals surface area contributed by atoms with Crippen LogP contribution in [-0.4, -0.2) is 77.7 Å². The highest BCUT2D eigenvalue weighted by molar-refractivity contribution is 7.50. The molecule has 0 bridgehead atoms. The summed E-state index contributed by atoms with van der Waals surface area (Å²) in [6.07, 6.45) is -2.71. The van der Waals surface area contributed by atoms with Crippen molar-refractivity contribution in [2.75, 3.05) is 18.9 Å². The van der Waals surface area contributed by atoms with Crippen molar-refractivity contribution in [2.45, 2.75) is 64.2 Å². The van der Waals surface area contributed by atoms with Crippen LogP contribution in [0.5, 0.6) is 0 Å². The number of esters is 1. The lowest BCUT2D eigenvalue weighted by atomic mass is 9.96. The summed E-state index contributed by atoms with van der Waals surface area (Å²) >= 11 is 0. The molecule has 7 N–H and O–H groups in total.